The molecular formula is C15H14BrF2NO2. The summed E-state index contributed by atoms with van der Waals surface area (Å²) in [4.78, 5) is 0. The second-order valence-corrected chi connectivity index (χ2v) is 5.27. The number of methoxy groups -OCH3 is 1. The Hall–Kier alpha value is -1.66. The monoisotopic (exact) mass is 357 g/mol. The summed E-state index contributed by atoms with van der Waals surface area (Å²) in [6, 6.07) is 8.85. The Kier molecular flexibility index (Phi) is 5.14. The first-order chi connectivity index (χ1) is 10.0. The maximum absolute atomic E-state index is 13.6. The molecular weight excluding hydrogens is 344 g/mol. The van der Waals surface area contributed by atoms with Gasteiger partial charge in [0, 0.05) is 17.1 Å². The van der Waals surface area contributed by atoms with Crippen LogP contribution in [0.1, 0.15) is 11.7 Å². The maximum atomic E-state index is 13.6. The SMILES string of the molecule is COc1ccc(C(O)CNc2c(F)cc(F)cc2Br)cc1. The van der Waals surface area contributed by atoms with Crippen molar-refractivity contribution in [3.8, 4) is 5.75 Å². The number of hydrogen-bond acceptors (Lipinski definition) is 3. The van der Waals surface area contributed by atoms with Crippen molar-refractivity contribution >= 4 is 21.6 Å². The van der Waals surface area contributed by atoms with Crippen molar-refractivity contribution in [2.24, 2.45) is 0 Å². The van der Waals surface area contributed by atoms with Gasteiger partial charge in [0.05, 0.1) is 18.9 Å². The molecule has 0 bridgehead atoms. The average Bonchev–Trinajstić information content (AvgIpc) is 2.46. The molecule has 1 atom stereocenters. The van der Waals surface area contributed by atoms with Crippen molar-refractivity contribution < 1.29 is 18.6 Å². The van der Waals surface area contributed by atoms with E-state index in [4.69, 9.17) is 4.74 Å². The van der Waals surface area contributed by atoms with Gasteiger partial charge in [-0.25, -0.2) is 8.78 Å². The van der Waals surface area contributed by atoms with Crippen LogP contribution in [0.3, 0.4) is 0 Å². The van der Waals surface area contributed by atoms with Crippen LogP contribution in [-0.2, 0) is 0 Å². The van der Waals surface area contributed by atoms with Gasteiger partial charge in [-0.1, -0.05) is 12.1 Å². The van der Waals surface area contributed by atoms with Crippen molar-refractivity contribution in [1.29, 1.82) is 0 Å². The number of benzene rings is 2. The zero-order valence-corrected chi connectivity index (χ0v) is 12.8. The van der Waals surface area contributed by atoms with Gasteiger partial charge in [0.25, 0.3) is 0 Å². The molecule has 1 unspecified atom stereocenters. The number of nitrogens with one attached hydrogen (secondary N) is 1. The maximum Gasteiger partial charge on any atom is 0.150 e. The number of anilines is 1. The summed E-state index contributed by atoms with van der Waals surface area (Å²) in [7, 11) is 1.56. The van der Waals surface area contributed by atoms with Crippen molar-refractivity contribution in [1.82, 2.24) is 0 Å². The minimum absolute atomic E-state index is 0.0908. The van der Waals surface area contributed by atoms with Crippen LogP contribution in [-0.4, -0.2) is 18.8 Å². The first-order valence-corrected chi connectivity index (χ1v) is 7.01. The standard InChI is InChI=1S/C15H14BrF2NO2/c1-21-11-4-2-9(3-5-11)14(20)8-19-15-12(16)6-10(17)7-13(15)18/h2-7,14,19-20H,8H2,1H3. The quantitative estimate of drug-likeness (QED) is 0.853. The third-order valence-corrected chi connectivity index (χ3v) is 3.61. The highest BCUT2D eigenvalue weighted by atomic mass is 79.9. The lowest BCUT2D eigenvalue weighted by molar-refractivity contribution is 0.191. The molecule has 0 saturated heterocycles. The molecule has 0 aliphatic rings. The zero-order valence-electron chi connectivity index (χ0n) is 11.2. The van der Waals surface area contributed by atoms with E-state index in [1.165, 1.54) is 0 Å². The Morgan fingerprint density at radius 2 is 1.90 bits per heavy atom. The molecule has 0 aliphatic heterocycles. The largest absolute Gasteiger partial charge is 0.497 e. The van der Waals surface area contributed by atoms with E-state index < -0.39 is 17.7 Å². The second-order valence-electron chi connectivity index (χ2n) is 4.41. The molecule has 0 aromatic heterocycles. The summed E-state index contributed by atoms with van der Waals surface area (Å²) in [6.45, 7) is 0.0908. The van der Waals surface area contributed by atoms with Crippen molar-refractivity contribution in [3.63, 3.8) is 0 Å². The molecule has 0 amide bonds. The first-order valence-electron chi connectivity index (χ1n) is 6.21. The van der Waals surface area contributed by atoms with Crippen LogP contribution in [0.4, 0.5) is 14.5 Å². The molecule has 2 rings (SSSR count). The number of aliphatic hydroxyl groups is 1. The summed E-state index contributed by atoms with van der Waals surface area (Å²) in [6.07, 6.45) is -0.827. The van der Waals surface area contributed by atoms with Crippen LogP contribution in [0.25, 0.3) is 0 Å². The van der Waals surface area contributed by atoms with E-state index in [0.29, 0.717) is 11.3 Å². The summed E-state index contributed by atoms with van der Waals surface area (Å²) in [5.74, 6) is -0.698. The van der Waals surface area contributed by atoms with Gasteiger partial charge in [0.15, 0.2) is 0 Å². The molecule has 0 saturated carbocycles. The van der Waals surface area contributed by atoms with Gasteiger partial charge in [-0.15, -0.1) is 0 Å². The van der Waals surface area contributed by atoms with Crippen LogP contribution in [0.5, 0.6) is 5.75 Å². The molecule has 3 nitrogen and oxygen atoms in total. The summed E-state index contributed by atoms with van der Waals surface area (Å²) < 4.78 is 31.9. The highest BCUT2D eigenvalue weighted by Crippen LogP contribution is 2.27. The molecule has 0 spiro atoms. The molecule has 2 aromatic rings. The molecule has 0 aliphatic carbocycles. The minimum Gasteiger partial charge on any atom is -0.497 e. The van der Waals surface area contributed by atoms with Crippen LogP contribution in [0.15, 0.2) is 40.9 Å². The minimum atomic E-state index is -0.827. The van der Waals surface area contributed by atoms with E-state index in [9.17, 15) is 13.9 Å². The van der Waals surface area contributed by atoms with Crippen LogP contribution in [0.2, 0.25) is 0 Å². The van der Waals surface area contributed by atoms with Crippen LogP contribution < -0.4 is 10.1 Å². The Morgan fingerprint density at radius 1 is 1.24 bits per heavy atom. The Morgan fingerprint density at radius 3 is 2.48 bits per heavy atom. The van der Waals surface area contributed by atoms with Gasteiger partial charge < -0.3 is 15.2 Å². The lowest BCUT2D eigenvalue weighted by Gasteiger charge is -2.15. The number of rotatable bonds is 5. The fourth-order valence-corrected chi connectivity index (χ4v) is 2.40. The van der Waals surface area contributed by atoms with E-state index in [2.05, 4.69) is 21.2 Å². The molecule has 2 aromatic carbocycles. The molecule has 2 N–H and O–H groups in total. The molecule has 0 radical (unpaired) electrons. The Balaban J connectivity index is 2.05. The molecule has 0 heterocycles. The second kappa shape index (κ2) is 6.87. The van der Waals surface area contributed by atoms with Crippen molar-refractivity contribution in [2.75, 3.05) is 19.0 Å². The average molecular weight is 358 g/mol. The number of aliphatic hydroxyl groups excluding tert-OH is 1. The van der Waals surface area contributed by atoms with Gasteiger partial charge >= 0.3 is 0 Å². The fraction of sp³-hybridized carbons (Fsp3) is 0.200. The highest BCUT2D eigenvalue weighted by Gasteiger charge is 2.12. The zero-order chi connectivity index (χ0) is 15.4. The highest BCUT2D eigenvalue weighted by molar-refractivity contribution is 9.10. The topological polar surface area (TPSA) is 41.5 Å². The van der Waals surface area contributed by atoms with Crippen LogP contribution in [0, 0.1) is 11.6 Å². The Bertz CT molecular complexity index is 597. The van der Waals surface area contributed by atoms with Crippen LogP contribution >= 0.6 is 15.9 Å². The molecule has 0 fully saturated rings. The molecule has 112 valence electrons. The summed E-state index contributed by atoms with van der Waals surface area (Å²) in [5.41, 5.74) is 0.783. The number of hydrogen-bond donors (Lipinski definition) is 2. The van der Waals surface area contributed by atoms with E-state index in [1.807, 2.05) is 0 Å². The predicted molar refractivity (Wildman–Crippen MR) is 80.5 cm³/mol. The normalized spacial score (nSPS) is 12.0. The van der Waals surface area contributed by atoms with E-state index in [0.717, 1.165) is 12.1 Å². The first kappa shape index (κ1) is 15.7. The van der Waals surface area contributed by atoms with Gasteiger partial charge in [-0.2, -0.15) is 0 Å². The third kappa shape index (κ3) is 3.92. The smallest absolute Gasteiger partial charge is 0.150 e. The third-order valence-electron chi connectivity index (χ3n) is 2.98. The van der Waals surface area contributed by atoms with Gasteiger partial charge in [-0.3, -0.25) is 0 Å². The van der Waals surface area contributed by atoms with Gasteiger partial charge in [0.2, 0.25) is 0 Å². The van der Waals surface area contributed by atoms with Crippen molar-refractivity contribution in [3.05, 3.63) is 58.1 Å². The summed E-state index contributed by atoms with van der Waals surface area (Å²) >= 11 is 3.08. The predicted octanol–water partition coefficient (Wildman–Crippen LogP) is 3.88. The lowest BCUT2D eigenvalue weighted by atomic mass is 10.1. The van der Waals surface area contributed by atoms with Gasteiger partial charge in [0.1, 0.15) is 17.4 Å². The van der Waals surface area contributed by atoms with E-state index in [-0.39, 0.29) is 16.7 Å². The lowest BCUT2D eigenvalue weighted by Crippen LogP contribution is -2.13. The fourth-order valence-electron chi connectivity index (χ4n) is 1.85. The van der Waals surface area contributed by atoms with E-state index >= 15 is 0 Å². The van der Waals surface area contributed by atoms with Crippen molar-refractivity contribution in [2.45, 2.75) is 6.10 Å². The van der Waals surface area contributed by atoms with E-state index in [1.54, 1.807) is 31.4 Å². The molecule has 21 heavy (non-hydrogen) atoms. The number of halogens is 3. The number of ether oxygens (including phenoxy) is 1. The summed E-state index contributed by atoms with van der Waals surface area (Å²) in [5, 5.41) is 12.8. The molecule has 6 heteroatoms. The van der Waals surface area contributed by atoms with Gasteiger partial charge in [-0.05, 0) is 39.7 Å². The Labute approximate surface area is 129 Å².